The molecule has 3 aromatic rings. The molecule has 1 aromatic heterocycles. The first-order chi connectivity index (χ1) is 15.4. The highest BCUT2D eigenvalue weighted by Gasteiger charge is 2.44. The zero-order valence-corrected chi connectivity index (χ0v) is 16.5. The third kappa shape index (κ3) is 4.42. The minimum atomic E-state index is -3.18. The predicted molar refractivity (Wildman–Crippen MR) is 108 cm³/mol. The van der Waals surface area contributed by atoms with E-state index < -0.39 is 25.3 Å². The Morgan fingerprint density at radius 3 is 2.75 bits per heavy atom. The van der Waals surface area contributed by atoms with Crippen LogP contribution < -0.4 is 4.74 Å². The van der Waals surface area contributed by atoms with Crippen LogP contribution in [0, 0.1) is 0 Å². The van der Waals surface area contributed by atoms with E-state index in [2.05, 4.69) is 10.1 Å². The van der Waals surface area contributed by atoms with Crippen molar-refractivity contribution in [2.75, 3.05) is 6.56 Å². The fourth-order valence-corrected chi connectivity index (χ4v) is 3.07. The molecule has 0 radical (unpaired) electrons. The van der Waals surface area contributed by atoms with Crippen LogP contribution in [0.25, 0.3) is 0 Å². The van der Waals surface area contributed by atoms with Crippen molar-refractivity contribution in [3.63, 3.8) is 0 Å². The van der Waals surface area contributed by atoms with E-state index in [-0.39, 0.29) is 29.5 Å². The predicted octanol–water partition coefficient (Wildman–Crippen LogP) is 5.09. The SMILES string of the molecule is Cl.[2H]C([2H])([2H])C1([2H])OC(Cn2cncn2)(c2ccc(Oc3ccc(Cl)cc3)cc2Cl)OC1([2H])[2H]. The fourth-order valence-electron chi connectivity index (χ4n) is 2.63. The Kier molecular flexibility index (Phi) is 4.40. The van der Waals surface area contributed by atoms with E-state index in [1.54, 1.807) is 24.3 Å². The maximum atomic E-state index is 8.34. The summed E-state index contributed by atoms with van der Waals surface area (Å²) in [5.74, 6) is -1.25. The van der Waals surface area contributed by atoms with Crippen LogP contribution in [0.3, 0.4) is 0 Å². The quantitative estimate of drug-likeness (QED) is 0.544. The summed E-state index contributed by atoms with van der Waals surface area (Å²) >= 11 is 12.4. The van der Waals surface area contributed by atoms with Crippen molar-refractivity contribution in [1.82, 2.24) is 14.8 Å². The van der Waals surface area contributed by atoms with Gasteiger partial charge in [0.2, 0.25) is 5.79 Å². The minimum Gasteiger partial charge on any atom is -0.457 e. The lowest BCUT2D eigenvalue weighted by Gasteiger charge is -2.29. The molecular weight excluding hydrogens is 425 g/mol. The zero-order valence-electron chi connectivity index (χ0n) is 20.1. The highest BCUT2D eigenvalue weighted by molar-refractivity contribution is 6.31. The summed E-state index contributed by atoms with van der Waals surface area (Å²) in [6, 6.07) is 11.1. The summed E-state index contributed by atoms with van der Waals surface area (Å²) in [5.41, 5.74) is 0.0883. The van der Waals surface area contributed by atoms with E-state index in [1.807, 2.05) is 0 Å². The molecule has 0 N–H and O–H groups in total. The highest BCUT2D eigenvalue weighted by atomic mass is 35.5. The van der Waals surface area contributed by atoms with Crippen LogP contribution in [0.1, 0.15) is 20.6 Å². The topological polar surface area (TPSA) is 58.4 Å². The average Bonchev–Trinajstić information content (AvgIpc) is 3.28. The third-order valence-corrected chi connectivity index (χ3v) is 4.38. The standard InChI is InChI=1S/C19H17Cl2N3O3.ClH/c1-13-9-25-19(27-13,10-24-12-22-11-23-24)17-7-6-16(8-18(17)21)26-15-4-2-14(20)3-5-15;/h2-8,11-13H,9-10H2,1H3;1H/i1D3,9D2,13D;. The minimum absolute atomic E-state index is 0. The van der Waals surface area contributed by atoms with Crippen LogP contribution >= 0.6 is 35.6 Å². The van der Waals surface area contributed by atoms with Gasteiger partial charge in [0.1, 0.15) is 30.7 Å². The van der Waals surface area contributed by atoms with Gasteiger partial charge < -0.3 is 14.2 Å². The van der Waals surface area contributed by atoms with Gasteiger partial charge in [-0.3, -0.25) is 0 Å². The van der Waals surface area contributed by atoms with Gasteiger partial charge in [0.05, 0.1) is 21.8 Å². The maximum Gasteiger partial charge on any atom is 0.217 e. The van der Waals surface area contributed by atoms with Crippen molar-refractivity contribution < 1.29 is 22.4 Å². The van der Waals surface area contributed by atoms with Gasteiger partial charge in [0.25, 0.3) is 0 Å². The van der Waals surface area contributed by atoms with Gasteiger partial charge in [0, 0.05) is 14.7 Å². The molecule has 0 aliphatic carbocycles. The smallest absolute Gasteiger partial charge is 0.217 e. The normalized spacial score (nSPS) is 29.4. The van der Waals surface area contributed by atoms with Crippen molar-refractivity contribution in [2.45, 2.75) is 25.3 Å². The molecule has 0 saturated carbocycles. The van der Waals surface area contributed by atoms with Crippen molar-refractivity contribution in [2.24, 2.45) is 0 Å². The third-order valence-electron chi connectivity index (χ3n) is 3.81. The van der Waals surface area contributed by atoms with Gasteiger partial charge in [-0.2, -0.15) is 5.10 Å². The molecule has 1 saturated heterocycles. The lowest BCUT2D eigenvalue weighted by atomic mass is 10.1. The molecule has 1 aliphatic rings. The Hall–Kier alpha value is -1.83. The maximum absolute atomic E-state index is 8.34. The molecule has 2 atom stereocenters. The van der Waals surface area contributed by atoms with Crippen molar-refractivity contribution in [3.8, 4) is 11.5 Å². The Bertz CT molecular complexity index is 1150. The molecule has 4 rings (SSSR count). The molecule has 2 aromatic carbocycles. The molecular formula is C19H18Cl3N3O3. The van der Waals surface area contributed by atoms with Gasteiger partial charge in [-0.05, 0) is 49.3 Å². The van der Waals surface area contributed by atoms with Crippen molar-refractivity contribution >= 4 is 35.6 Å². The first-order valence-electron chi connectivity index (χ1n) is 10.8. The number of halogens is 3. The summed E-state index contributed by atoms with van der Waals surface area (Å²) in [4.78, 5) is 3.83. The lowest BCUT2D eigenvalue weighted by Crippen LogP contribution is -2.34. The summed E-state index contributed by atoms with van der Waals surface area (Å²) in [6.07, 6.45) is -0.489. The van der Waals surface area contributed by atoms with Gasteiger partial charge >= 0.3 is 0 Å². The van der Waals surface area contributed by atoms with E-state index in [4.69, 9.17) is 45.6 Å². The Balaban J connectivity index is 0.00000324. The van der Waals surface area contributed by atoms with Crippen molar-refractivity contribution in [3.05, 3.63) is 70.7 Å². The lowest BCUT2D eigenvalue weighted by molar-refractivity contribution is -0.186. The molecule has 6 nitrogen and oxygen atoms in total. The van der Waals surface area contributed by atoms with E-state index in [1.165, 1.54) is 35.5 Å². The van der Waals surface area contributed by atoms with Crippen LogP contribution in [-0.2, 0) is 21.8 Å². The van der Waals surface area contributed by atoms with Crippen LogP contribution in [0.2, 0.25) is 10.0 Å². The number of nitrogens with zero attached hydrogens (tertiary/aromatic N) is 3. The van der Waals surface area contributed by atoms with Crippen LogP contribution in [-0.4, -0.2) is 27.4 Å². The molecule has 0 amide bonds. The first kappa shape index (κ1) is 14.2. The number of hydrogen-bond acceptors (Lipinski definition) is 5. The summed E-state index contributed by atoms with van der Waals surface area (Å²) in [5, 5.41) is 4.54. The molecule has 9 heteroatoms. The monoisotopic (exact) mass is 447 g/mol. The molecule has 1 fully saturated rings. The van der Waals surface area contributed by atoms with E-state index in [0.717, 1.165) is 0 Å². The van der Waals surface area contributed by atoms with Crippen LogP contribution in [0.15, 0.2) is 55.1 Å². The second-order valence-electron chi connectivity index (χ2n) is 5.68. The first-order valence-corrected chi connectivity index (χ1v) is 8.57. The van der Waals surface area contributed by atoms with Gasteiger partial charge in [-0.1, -0.05) is 23.2 Å². The van der Waals surface area contributed by atoms with Gasteiger partial charge in [0.15, 0.2) is 0 Å². The summed E-state index contributed by atoms with van der Waals surface area (Å²) < 4.78 is 65.9. The van der Waals surface area contributed by atoms with Gasteiger partial charge in [-0.25, -0.2) is 9.67 Å². The van der Waals surface area contributed by atoms with Crippen molar-refractivity contribution in [1.29, 1.82) is 0 Å². The second kappa shape index (κ2) is 8.68. The van der Waals surface area contributed by atoms with Crippen LogP contribution in [0.4, 0.5) is 0 Å². The largest absolute Gasteiger partial charge is 0.457 e. The van der Waals surface area contributed by atoms with Crippen LogP contribution in [0.5, 0.6) is 11.5 Å². The molecule has 2 heterocycles. The fraction of sp³-hybridized carbons (Fsp3) is 0.263. The van der Waals surface area contributed by atoms with E-state index in [9.17, 15) is 0 Å². The zero-order chi connectivity index (χ0) is 24.1. The number of benzene rings is 2. The molecule has 1 aliphatic heterocycles. The number of aromatic nitrogens is 3. The summed E-state index contributed by atoms with van der Waals surface area (Å²) in [6.45, 7) is -6.51. The Morgan fingerprint density at radius 1 is 1.32 bits per heavy atom. The molecule has 2 unspecified atom stereocenters. The van der Waals surface area contributed by atoms with Gasteiger partial charge in [-0.15, -0.1) is 12.4 Å². The van der Waals surface area contributed by atoms with E-state index >= 15 is 0 Å². The number of ether oxygens (including phenoxy) is 3. The molecule has 28 heavy (non-hydrogen) atoms. The molecule has 148 valence electrons. The molecule has 0 bridgehead atoms. The Labute approximate surface area is 187 Å². The highest BCUT2D eigenvalue weighted by Crippen LogP contribution is 2.41. The summed E-state index contributed by atoms with van der Waals surface area (Å²) in [7, 11) is 0. The average molecular weight is 449 g/mol. The number of hydrogen-bond donors (Lipinski definition) is 0. The molecule has 0 spiro atoms. The second-order valence-corrected chi connectivity index (χ2v) is 6.52. The van der Waals surface area contributed by atoms with E-state index in [0.29, 0.717) is 16.5 Å². The Morgan fingerprint density at radius 2 is 2.11 bits per heavy atom. The number of rotatable bonds is 5.